The Balaban J connectivity index is 1.26. The molecule has 11 nitrogen and oxygen atoms in total. The first-order valence-electron chi connectivity index (χ1n) is 14.5. The van der Waals surface area contributed by atoms with Crippen molar-refractivity contribution in [3.05, 3.63) is 66.1 Å². The number of rotatable bonds is 5. The number of hydrogen-bond donors (Lipinski definition) is 1. The van der Waals surface area contributed by atoms with Crippen molar-refractivity contribution in [3.8, 4) is 11.5 Å². The third-order valence-corrected chi connectivity index (χ3v) is 7.31. The third-order valence-electron chi connectivity index (χ3n) is 7.31. The molecule has 0 atom stereocenters. The first-order valence-corrected chi connectivity index (χ1v) is 14.5. The van der Waals surface area contributed by atoms with E-state index in [9.17, 15) is 4.79 Å². The molecule has 4 heterocycles. The summed E-state index contributed by atoms with van der Waals surface area (Å²) in [6, 6.07) is 6.90. The number of aryl methyl sites for hydroxylation is 1. The monoisotopic (exact) mass is 600 g/mol. The van der Waals surface area contributed by atoms with Crippen molar-refractivity contribution >= 4 is 46.1 Å². The van der Waals surface area contributed by atoms with Gasteiger partial charge in [0, 0.05) is 24.5 Å². The second kappa shape index (κ2) is 11.6. The number of benzene rings is 2. The van der Waals surface area contributed by atoms with E-state index in [-0.39, 0.29) is 18.4 Å². The summed E-state index contributed by atoms with van der Waals surface area (Å²) >= 11 is 0. The number of carbonyl (C=O) groups is 1. The highest BCUT2D eigenvalue weighted by Gasteiger charge is 2.37. The lowest BCUT2D eigenvalue weighted by Gasteiger charge is -2.31. The Bertz CT molecular complexity index is 1760. The van der Waals surface area contributed by atoms with Gasteiger partial charge in [-0.2, -0.15) is 9.68 Å². The normalized spacial score (nSPS) is 16.5. The quantitative estimate of drug-likeness (QED) is 0.296. The molecule has 1 N–H and O–H groups in total. The van der Waals surface area contributed by atoms with Crippen molar-refractivity contribution < 1.29 is 28.0 Å². The van der Waals surface area contributed by atoms with Crippen molar-refractivity contribution in [2.45, 2.75) is 40.2 Å². The lowest BCUT2D eigenvalue weighted by Crippen LogP contribution is -2.50. The van der Waals surface area contributed by atoms with Crippen molar-refractivity contribution in [1.29, 1.82) is 0 Å². The Morgan fingerprint density at radius 1 is 1.25 bits per heavy atom. The topological polar surface area (TPSA) is 104 Å². The van der Waals surface area contributed by atoms with Crippen LogP contribution in [-0.2, 0) is 4.74 Å². The summed E-state index contributed by atoms with van der Waals surface area (Å²) in [6.45, 7) is 11.6. The number of anilines is 2. The van der Waals surface area contributed by atoms with Crippen LogP contribution in [0.15, 0.2) is 59.8 Å². The maximum Gasteiger partial charge on any atom is 0.411 e. The van der Waals surface area contributed by atoms with E-state index >= 15 is 4.39 Å². The van der Waals surface area contributed by atoms with E-state index in [4.69, 9.17) is 14.2 Å². The van der Waals surface area contributed by atoms with Crippen LogP contribution in [0, 0.1) is 12.7 Å². The molecule has 0 unspecified atom stereocenters. The molecule has 0 radical (unpaired) electrons. The van der Waals surface area contributed by atoms with E-state index in [0.29, 0.717) is 60.2 Å². The summed E-state index contributed by atoms with van der Waals surface area (Å²) in [5.41, 5.74) is 2.88. The SMILES string of the molecule is C/C=N\N1C=CC(Oc2cc(F)c(Nc3ncnc4ccc5c(c34)OCC3=[N+]5CCN(C(=O)OC(C)(C)C)C3)cc2C)=CC1. The number of aromatic nitrogens is 2. The van der Waals surface area contributed by atoms with E-state index in [1.807, 2.05) is 59.0 Å². The van der Waals surface area contributed by atoms with Gasteiger partial charge in [-0.25, -0.2) is 19.2 Å². The minimum atomic E-state index is -0.570. The highest BCUT2D eigenvalue weighted by atomic mass is 19.1. The fourth-order valence-corrected chi connectivity index (χ4v) is 5.29. The zero-order valence-corrected chi connectivity index (χ0v) is 25.4. The fourth-order valence-electron chi connectivity index (χ4n) is 5.29. The molecule has 2 aromatic carbocycles. The van der Waals surface area contributed by atoms with Crippen LogP contribution in [-0.4, -0.2) is 80.9 Å². The maximum absolute atomic E-state index is 15.5. The smallest absolute Gasteiger partial charge is 0.411 e. The van der Waals surface area contributed by atoms with Crippen molar-refractivity contribution in [3.63, 3.8) is 0 Å². The van der Waals surface area contributed by atoms with Crippen LogP contribution in [0.2, 0.25) is 0 Å². The molecule has 3 aliphatic rings. The lowest BCUT2D eigenvalue weighted by molar-refractivity contribution is -0.453. The van der Waals surface area contributed by atoms with Crippen LogP contribution in [0.5, 0.6) is 11.5 Å². The maximum atomic E-state index is 15.5. The van der Waals surface area contributed by atoms with E-state index in [0.717, 1.165) is 17.0 Å². The molecule has 6 rings (SSSR count). The highest BCUT2D eigenvalue weighted by Crippen LogP contribution is 2.41. The van der Waals surface area contributed by atoms with Crippen molar-refractivity contribution in [2.24, 2.45) is 5.10 Å². The first-order chi connectivity index (χ1) is 21.1. The minimum Gasteiger partial charge on any atom is -0.475 e. The number of nitrogens with zero attached hydrogens (tertiary/aromatic N) is 6. The number of nitrogens with one attached hydrogen (secondary N) is 1. The number of ether oxygens (including phenoxy) is 3. The van der Waals surface area contributed by atoms with Gasteiger partial charge in [0.1, 0.15) is 41.6 Å². The number of carbonyl (C=O) groups excluding carboxylic acids is 1. The van der Waals surface area contributed by atoms with Gasteiger partial charge in [0.25, 0.3) is 0 Å². The molecule has 1 aromatic heterocycles. The van der Waals surface area contributed by atoms with E-state index in [2.05, 4.69) is 25.0 Å². The van der Waals surface area contributed by atoms with Crippen LogP contribution >= 0.6 is 0 Å². The van der Waals surface area contributed by atoms with E-state index < -0.39 is 11.4 Å². The van der Waals surface area contributed by atoms with Crippen LogP contribution in [0.1, 0.15) is 33.3 Å². The van der Waals surface area contributed by atoms with Gasteiger partial charge in [-0.05, 0) is 64.5 Å². The number of amides is 1. The molecule has 3 aliphatic heterocycles. The van der Waals surface area contributed by atoms with Gasteiger partial charge in [0.05, 0.1) is 29.7 Å². The summed E-state index contributed by atoms with van der Waals surface area (Å²) < 4.78 is 35.5. The zero-order valence-electron chi connectivity index (χ0n) is 25.4. The molecule has 0 spiro atoms. The average molecular weight is 601 g/mol. The summed E-state index contributed by atoms with van der Waals surface area (Å²) in [5.74, 6) is 1.57. The van der Waals surface area contributed by atoms with Gasteiger partial charge in [-0.3, -0.25) is 9.91 Å². The zero-order chi connectivity index (χ0) is 31.0. The Labute approximate surface area is 254 Å². The molecule has 3 aromatic rings. The van der Waals surface area contributed by atoms with Gasteiger partial charge in [0.2, 0.25) is 17.1 Å². The van der Waals surface area contributed by atoms with Crippen LogP contribution < -0.4 is 14.8 Å². The van der Waals surface area contributed by atoms with Crippen molar-refractivity contribution in [2.75, 3.05) is 38.1 Å². The van der Waals surface area contributed by atoms with Crippen molar-refractivity contribution in [1.82, 2.24) is 19.9 Å². The number of fused-ring (bicyclic) bond motifs is 4. The molecule has 0 saturated heterocycles. The Hall–Kier alpha value is -5.00. The predicted octanol–water partition coefficient (Wildman–Crippen LogP) is 5.65. The van der Waals surface area contributed by atoms with Gasteiger partial charge in [-0.15, -0.1) is 0 Å². The standard InChI is InChI=1S/C32H35FN7O4/c1-6-36-39-11-9-22(10-12-39)43-27-16-23(33)25(15-20(27)2)37-30-28-24(34-19-35-30)7-8-26-29(28)42-18-21-17-38(13-14-40(21)26)31(41)44-32(3,4)5/h6-11,15-16,19H,12-14,17-18H2,1-5H3,(H,34,35,37)/q+1/b36-6-. The number of hydrogen-bond acceptors (Lipinski definition) is 9. The first kappa shape index (κ1) is 29.1. The van der Waals surface area contributed by atoms with Crippen LogP contribution in [0.3, 0.4) is 0 Å². The molecule has 0 saturated carbocycles. The van der Waals surface area contributed by atoms with E-state index in [1.54, 1.807) is 28.3 Å². The predicted molar refractivity (Wildman–Crippen MR) is 166 cm³/mol. The van der Waals surface area contributed by atoms with Crippen LogP contribution in [0.25, 0.3) is 10.9 Å². The Morgan fingerprint density at radius 2 is 2.09 bits per heavy atom. The summed E-state index contributed by atoms with van der Waals surface area (Å²) in [6.07, 6.45) is 8.28. The average Bonchev–Trinajstić information content (AvgIpc) is 2.99. The fraction of sp³-hybridized carbons (Fsp3) is 0.344. The number of hydrazone groups is 1. The molecule has 12 heteroatoms. The molecule has 44 heavy (non-hydrogen) atoms. The van der Waals surface area contributed by atoms with Gasteiger partial charge >= 0.3 is 6.09 Å². The second-order valence-corrected chi connectivity index (χ2v) is 11.7. The molecule has 1 amide bonds. The second-order valence-electron chi connectivity index (χ2n) is 11.7. The molecule has 0 fully saturated rings. The highest BCUT2D eigenvalue weighted by molar-refractivity contribution is 6.00. The number of allylic oxidation sites excluding steroid dienone is 1. The third kappa shape index (κ3) is 5.92. The molecule has 0 aliphatic carbocycles. The lowest BCUT2D eigenvalue weighted by atomic mass is 10.1. The summed E-state index contributed by atoms with van der Waals surface area (Å²) in [7, 11) is 0. The number of halogens is 1. The molecule has 228 valence electrons. The van der Waals surface area contributed by atoms with Crippen LogP contribution in [0.4, 0.5) is 26.4 Å². The Morgan fingerprint density at radius 3 is 2.84 bits per heavy atom. The molecular formula is C32H35FN7O4+. The van der Waals surface area contributed by atoms with Gasteiger partial charge in [-0.1, -0.05) is 0 Å². The molecular weight excluding hydrogens is 565 g/mol. The summed E-state index contributed by atoms with van der Waals surface area (Å²) in [5, 5.41) is 9.79. The van der Waals surface area contributed by atoms with Gasteiger partial charge in [0.15, 0.2) is 13.2 Å². The largest absolute Gasteiger partial charge is 0.475 e. The minimum absolute atomic E-state index is 0.248. The van der Waals surface area contributed by atoms with Gasteiger partial charge < -0.3 is 19.5 Å². The van der Waals surface area contributed by atoms with E-state index in [1.165, 1.54) is 12.4 Å². The molecule has 0 bridgehead atoms. The Kier molecular flexibility index (Phi) is 7.66. The summed E-state index contributed by atoms with van der Waals surface area (Å²) in [4.78, 5) is 23.3.